The highest BCUT2D eigenvalue weighted by atomic mass is 35.5. The van der Waals surface area contributed by atoms with Crippen LogP contribution in [0.3, 0.4) is 0 Å². The molecule has 0 unspecified atom stereocenters. The standard InChI is InChI=1S/C26H32ClFN4O3/c1-18-16-30(11-12-32(18)26(34)35)17-20-6-5-19(13-24(20)27)14-25(33)31-9-7-22(8-10-31)29-23-4-2-3-21(28)15-23/h2-6,13,15,18,22,29H,7-12,14,16-17H2,1H3,(H,34,35)/t18-/m0/s1. The molecule has 2 aliphatic rings. The van der Waals surface area contributed by atoms with Gasteiger partial charge in [0.2, 0.25) is 5.91 Å². The predicted octanol–water partition coefficient (Wildman–Crippen LogP) is 4.31. The van der Waals surface area contributed by atoms with Crippen LogP contribution in [0.1, 0.15) is 30.9 Å². The van der Waals surface area contributed by atoms with E-state index >= 15 is 0 Å². The maximum atomic E-state index is 13.4. The lowest BCUT2D eigenvalue weighted by atomic mass is 10.0. The van der Waals surface area contributed by atoms with E-state index in [1.807, 2.05) is 36.1 Å². The van der Waals surface area contributed by atoms with Crippen molar-refractivity contribution in [2.75, 3.05) is 38.0 Å². The molecule has 2 amide bonds. The van der Waals surface area contributed by atoms with Crippen LogP contribution in [0.2, 0.25) is 5.02 Å². The Morgan fingerprint density at radius 2 is 1.89 bits per heavy atom. The molecular weight excluding hydrogens is 471 g/mol. The first-order valence-corrected chi connectivity index (χ1v) is 12.5. The van der Waals surface area contributed by atoms with Gasteiger partial charge in [0.25, 0.3) is 0 Å². The van der Waals surface area contributed by atoms with Crippen molar-refractivity contribution in [1.29, 1.82) is 0 Å². The van der Waals surface area contributed by atoms with E-state index in [2.05, 4.69) is 10.2 Å². The molecule has 2 N–H and O–H groups in total. The molecule has 0 spiro atoms. The van der Waals surface area contributed by atoms with Crippen molar-refractivity contribution in [3.05, 3.63) is 64.4 Å². The molecule has 188 valence electrons. The third kappa shape index (κ3) is 6.64. The molecule has 2 saturated heterocycles. The molecule has 2 fully saturated rings. The zero-order chi connectivity index (χ0) is 24.9. The van der Waals surface area contributed by atoms with E-state index < -0.39 is 6.09 Å². The number of anilines is 1. The summed E-state index contributed by atoms with van der Waals surface area (Å²) in [5.41, 5.74) is 2.62. The number of likely N-dealkylation sites (tertiary alicyclic amines) is 1. The number of rotatable bonds is 6. The Morgan fingerprint density at radius 1 is 1.11 bits per heavy atom. The number of piperazine rings is 1. The van der Waals surface area contributed by atoms with E-state index in [9.17, 15) is 19.1 Å². The van der Waals surface area contributed by atoms with Gasteiger partial charge in [-0.3, -0.25) is 9.69 Å². The second kappa shape index (κ2) is 11.3. The van der Waals surface area contributed by atoms with Gasteiger partial charge in [-0.1, -0.05) is 29.8 Å². The van der Waals surface area contributed by atoms with Crippen LogP contribution in [0.25, 0.3) is 0 Å². The number of hydrogen-bond donors (Lipinski definition) is 2. The molecule has 0 aliphatic carbocycles. The maximum Gasteiger partial charge on any atom is 0.407 e. The molecule has 0 radical (unpaired) electrons. The average molecular weight is 503 g/mol. The number of carbonyl (C=O) groups excluding carboxylic acids is 1. The second-order valence-electron chi connectivity index (χ2n) is 9.47. The van der Waals surface area contributed by atoms with Crippen LogP contribution in [0, 0.1) is 5.82 Å². The molecule has 0 aromatic heterocycles. The highest BCUT2D eigenvalue weighted by molar-refractivity contribution is 6.31. The summed E-state index contributed by atoms with van der Waals surface area (Å²) >= 11 is 6.55. The molecule has 35 heavy (non-hydrogen) atoms. The summed E-state index contributed by atoms with van der Waals surface area (Å²) in [6.45, 7) is 5.70. The predicted molar refractivity (Wildman–Crippen MR) is 134 cm³/mol. The van der Waals surface area contributed by atoms with Crippen LogP contribution < -0.4 is 5.32 Å². The molecule has 2 aliphatic heterocycles. The molecule has 2 heterocycles. The van der Waals surface area contributed by atoms with Gasteiger partial charge in [0.15, 0.2) is 0 Å². The van der Waals surface area contributed by atoms with Crippen molar-refractivity contribution in [1.82, 2.24) is 14.7 Å². The monoisotopic (exact) mass is 502 g/mol. The Hall–Kier alpha value is -2.84. The highest BCUT2D eigenvalue weighted by Gasteiger charge is 2.27. The minimum atomic E-state index is -0.878. The Balaban J connectivity index is 1.25. The Morgan fingerprint density at radius 3 is 2.54 bits per heavy atom. The summed E-state index contributed by atoms with van der Waals surface area (Å²) < 4.78 is 13.4. The lowest BCUT2D eigenvalue weighted by Gasteiger charge is -2.38. The van der Waals surface area contributed by atoms with Gasteiger partial charge in [-0.2, -0.15) is 0 Å². The van der Waals surface area contributed by atoms with E-state index in [-0.39, 0.29) is 23.8 Å². The van der Waals surface area contributed by atoms with E-state index in [0.29, 0.717) is 50.7 Å². The summed E-state index contributed by atoms with van der Waals surface area (Å²) in [4.78, 5) is 29.7. The summed E-state index contributed by atoms with van der Waals surface area (Å²) in [5.74, 6) is -0.181. The van der Waals surface area contributed by atoms with Gasteiger partial charge in [-0.25, -0.2) is 9.18 Å². The topological polar surface area (TPSA) is 76.1 Å². The van der Waals surface area contributed by atoms with Crippen LogP contribution in [0.15, 0.2) is 42.5 Å². The van der Waals surface area contributed by atoms with Crippen molar-refractivity contribution in [3.8, 4) is 0 Å². The first-order chi connectivity index (χ1) is 16.8. The number of piperidine rings is 1. The van der Waals surface area contributed by atoms with Crippen molar-refractivity contribution >= 4 is 29.3 Å². The highest BCUT2D eigenvalue weighted by Crippen LogP contribution is 2.23. The summed E-state index contributed by atoms with van der Waals surface area (Å²) in [6, 6.07) is 12.4. The van der Waals surface area contributed by atoms with Gasteiger partial charge in [0.1, 0.15) is 5.82 Å². The molecule has 1 atom stereocenters. The van der Waals surface area contributed by atoms with Crippen LogP contribution in [-0.2, 0) is 17.8 Å². The minimum absolute atomic E-state index is 0.0647. The quantitative estimate of drug-likeness (QED) is 0.615. The van der Waals surface area contributed by atoms with Crippen LogP contribution in [0.4, 0.5) is 14.9 Å². The Labute approximate surface area is 210 Å². The van der Waals surface area contributed by atoms with Gasteiger partial charge in [-0.15, -0.1) is 0 Å². The van der Waals surface area contributed by atoms with Crippen molar-refractivity contribution in [2.45, 2.75) is 44.8 Å². The fourth-order valence-corrected chi connectivity index (χ4v) is 5.17. The molecule has 7 nitrogen and oxygen atoms in total. The van der Waals surface area contributed by atoms with Gasteiger partial charge >= 0.3 is 6.09 Å². The average Bonchev–Trinajstić information content (AvgIpc) is 2.81. The third-order valence-electron chi connectivity index (χ3n) is 6.87. The molecule has 9 heteroatoms. The Kier molecular flexibility index (Phi) is 8.13. The number of hydrogen-bond acceptors (Lipinski definition) is 4. The number of carboxylic acid groups (broad SMARTS) is 1. The van der Waals surface area contributed by atoms with Crippen molar-refractivity contribution in [2.24, 2.45) is 0 Å². The zero-order valence-corrected chi connectivity index (χ0v) is 20.7. The summed E-state index contributed by atoms with van der Waals surface area (Å²) in [6.07, 6.45) is 1.05. The number of halogens is 2. The van der Waals surface area contributed by atoms with Crippen LogP contribution in [-0.4, -0.2) is 76.6 Å². The van der Waals surface area contributed by atoms with E-state index in [4.69, 9.17) is 11.6 Å². The summed E-state index contributed by atoms with van der Waals surface area (Å²) in [5, 5.41) is 13.2. The van der Waals surface area contributed by atoms with Gasteiger partial charge in [0, 0.05) is 62.1 Å². The maximum absolute atomic E-state index is 13.4. The fourth-order valence-electron chi connectivity index (χ4n) is 4.90. The molecular formula is C26H32ClFN4O3. The number of benzene rings is 2. The zero-order valence-electron chi connectivity index (χ0n) is 19.9. The van der Waals surface area contributed by atoms with Crippen LogP contribution in [0.5, 0.6) is 0 Å². The fraction of sp³-hybridized carbons (Fsp3) is 0.462. The normalized spacial score (nSPS) is 19.6. The van der Waals surface area contributed by atoms with Crippen LogP contribution >= 0.6 is 11.6 Å². The molecule has 4 rings (SSSR count). The van der Waals surface area contributed by atoms with Gasteiger partial charge in [-0.05, 0) is 55.2 Å². The first-order valence-electron chi connectivity index (χ1n) is 12.1. The third-order valence-corrected chi connectivity index (χ3v) is 7.22. The minimum Gasteiger partial charge on any atom is -0.465 e. The molecule has 0 saturated carbocycles. The smallest absolute Gasteiger partial charge is 0.407 e. The largest absolute Gasteiger partial charge is 0.465 e. The number of amides is 2. The van der Waals surface area contributed by atoms with Gasteiger partial charge in [0.05, 0.1) is 6.42 Å². The lowest BCUT2D eigenvalue weighted by Crippen LogP contribution is -2.53. The first kappa shape index (κ1) is 25.3. The van der Waals surface area contributed by atoms with E-state index in [0.717, 1.165) is 29.7 Å². The lowest BCUT2D eigenvalue weighted by molar-refractivity contribution is -0.131. The Bertz CT molecular complexity index is 1060. The molecule has 2 aromatic carbocycles. The van der Waals surface area contributed by atoms with Crippen molar-refractivity contribution < 1.29 is 19.1 Å². The number of nitrogens with one attached hydrogen (secondary N) is 1. The molecule has 2 aromatic rings. The second-order valence-corrected chi connectivity index (χ2v) is 9.88. The van der Waals surface area contributed by atoms with Gasteiger partial charge < -0.3 is 20.2 Å². The van der Waals surface area contributed by atoms with E-state index in [1.165, 1.54) is 17.0 Å². The number of carbonyl (C=O) groups is 2. The van der Waals surface area contributed by atoms with E-state index in [1.54, 1.807) is 6.07 Å². The van der Waals surface area contributed by atoms with Crippen molar-refractivity contribution in [3.63, 3.8) is 0 Å². The summed E-state index contributed by atoms with van der Waals surface area (Å²) in [7, 11) is 0. The molecule has 0 bridgehead atoms. The number of nitrogens with zero attached hydrogens (tertiary/aromatic N) is 3. The SMILES string of the molecule is C[C@H]1CN(Cc2ccc(CC(=O)N3CCC(Nc4cccc(F)c4)CC3)cc2Cl)CCN1C(=O)O.